The van der Waals surface area contributed by atoms with E-state index in [1.807, 2.05) is 42.5 Å². The Bertz CT molecular complexity index is 877. The SMILES string of the molecule is COc1ccc(CCNC(=O)CC(=O)N/N=C\c2ccc(C(C)C)cc2)cc1OC. The smallest absolute Gasteiger partial charge is 0.249 e. The van der Waals surface area contributed by atoms with Gasteiger partial charge in [-0.3, -0.25) is 9.59 Å². The van der Waals surface area contributed by atoms with Crippen molar-refractivity contribution in [2.75, 3.05) is 20.8 Å². The van der Waals surface area contributed by atoms with Crippen LogP contribution >= 0.6 is 0 Å². The molecule has 0 saturated heterocycles. The lowest BCUT2D eigenvalue weighted by atomic mass is 10.0. The minimum Gasteiger partial charge on any atom is -0.493 e. The van der Waals surface area contributed by atoms with E-state index in [0.717, 1.165) is 11.1 Å². The molecule has 2 aromatic rings. The third-order valence-electron chi connectivity index (χ3n) is 4.51. The maximum Gasteiger partial charge on any atom is 0.249 e. The van der Waals surface area contributed by atoms with Gasteiger partial charge in [0.25, 0.3) is 0 Å². The fourth-order valence-corrected chi connectivity index (χ4v) is 2.78. The van der Waals surface area contributed by atoms with Crippen molar-refractivity contribution in [3.63, 3.8) is 0 Å². The van der Waals surface area contributed by atoms with Crippen LogP contribution < -0.4 is 20.2 Å². The highest BCUT2D eigenvalue weighted by Gasteiger charge is 2.09. The van der Waals surface area contributed by atoms with Gasteiger partial charge in [0.05, 0.1) is 20.4 Å². The third kappa shape index (κ3) is 7.24. The maximum absolute atomic E-state index is 11.9. The van der Waals surface area contributed by atoms with Crippen LogP contribution in [0.3, 0.4) is 0 Å². The van der Waals surface area contributed by atoms with Crippen LogP contribution in [-0.2, 0) is 16.0 Å². The number of nitrogens with zero attached hydrogens (tertiary/aromatic N) is 1. The first-order valence-electron chi connectivity index (χ1n) is 9.82. The quantitative estimate of drug-likeness (QED) is 0.357. The molecular formula is C23H29N3O4. The molecule has 160 valence electrons. The second-order valence-electron chi connectivity index (χ2n) is 7.08. The highest BCUT2D eigenvalue weighted by atomic mass is 16.5. The second-order valence-corrected chi connectivity index (χ2v) is 7.08. The zero-order valence-corrected chi connectivity index (χ0v) is 17.9. The number of carbonyl (C=O) groups is 2. The van der Waals surface area contributed by atoms with E-state index in [4.69, 9.17) is 9.47 Å². The van der Waals surface area contributed by atoms with E-state index in [-0.39, 0.29) is 12.3 Å². The summed E-state index contributed by atoms with van der Waals surface area (Å²) in [4.78, 5) is 23.8. The molecule has 0 heterocycles. The van der Waals surface area contributed by atoms with Gasteiger partial charge in [-0.15, -0.1) is 0 Å². The molecule has 0 unspecified atom stereocenters. The van der Waals surface area contributed by atoms with Crippen LogP contribution in [0.5, 0.6) is 11.5 Å². The molecule has 2 rings (SSSR count). The second kappa shape index (κ2) is 11.6. The number of hydrogen-bond acceptors (Lipinski definition) is 5. The van der Waals surface area contributed by atoms with E-state index >= 15 is 0 Å². The Morgan fingerprint density at radius 1 is 1.00 bits per heavy atom. The van der Waals surface area contributed by atoms with Crippen molar-refractivity contribution in [3.05, 3.63) is 59.2 Å². The van der Waals surface area contributed by atoms with Gasteiger partial charge in [0.15, 0.2) is 11.5 Å². The van der Waals surface area contributed by atoms with Gasteiger partial charge >= 0.3 is 0 Å². The van der Waals surface area contributed by atoms with Gasteiger partial charge in [-0.05, 0) is 41.2 Å². The molecule has 0 saturated carbocycles. The molecule has 0 aromatic heterocycles. The van der Waals surface area contributed by atoms with E-state index < -0.39 is 5.91 Å². The molecular weight excluding hydrogens is 382 g/mol. The summed E-state index contributed by atoms with van der Waals surface area (Å²) in [5.41, 5.74) is 5.48. The molecule has 0 fully saturated rings. The van der Waals surface area contributed by atoms with Crippen LogP contribution in [0, 0.1) is 0 Å². The molecule has 0 aliphatic heterocycles. The highest BCUT2D eigenvalue weighted by Crippen LogP contribution is 2.27. The summed E-state index contributed by atoms with van der Waals surface area (Å²) in [7, 11) is 3.15. The van der Waals surface area contributed by atoms with Gasteiger partial charge in [-0.2, -0.15) is 5.10 Å². The Labute approximate surface area is 177 Å². The lowest BCUT2D eigenvalue weighted by molar-refractivity contribution is -0.129. The molecule has 2 aromatic carbocycles. The molecule has 0 radical (unpaired) electrons. The van der Waals surface area contributed by atoms with Crippen molar-refractivity contribution in [2.45, 2.75) is 32.6 Å². The van der Waals surface area contributed by atoms with Crippen LogP contribution in [0.4, 0.5) is 0 Å². The summed E-state index contributed by atoms with van der Waals surface area (Å²) in [6.07, 6.45) is 1.88. The van der Waals surface area contributed by atoms with E-state index in [9.17, 15) is 9.59 Å². The van der Waals surface area contributed by atoms with E-state index in [1.54, 1.807) is 20.4 Å². The van der Waals surface area contributed by atoms with Crippen LogP contribution in [0.2, 0.25) is 0 Å². The largest absolute Gasteiger partial charge is 0.493 e. The monoisotopic (exact) mass is 411 g/mol. The molecule has 0 atom stereocenters. The summed E-state index contributed by atoms with van der Waals surface area (Å²) < 4.78 is 10.5. The number of hydrogen-bond donors (Lipinski definition) is 2. The van der Waals surface area contributed by atoms with E-state index in [2.05, 4.69) is 29.7 Å². The average Bonchev–Trinajstić information content (AvgIpc) is 2.73. The number of carbonyl (C=O) groups excluding carboxylic acids is 2. The third-order valence-corrected chi connectivity index (χ3v) is 4.51. The number of ether oxygens (including phenoxy) is 2. The molecule has 0 spiro atoms. The van der Waals surface area contributed by atoms with Crippen LogP contribution in [-0.4, -0.2) is 38.8 Å². The zero-order valence-electron chi connectivity index (χ0n) is 17.9. The Kier molecular flexibility index (Phi) is 8.87. The minimum absolute atomic E-state index is 0.282. The number of benzene rings is 2. The van der Waals surface area contributed by atoms with Gasteiger partial charge in [-0.1, -0.05) is 44.2 Å². The van der Waals surface area contributed by atoms with Crippen LogP contribution in [0.25, 0.3) is 0 Å². The first-order chi connectivity index (χ1) is 14.4. The molecule has 0 bridgehead atoms. The van der Waals surface area contributed by atoms with Crippen molar-refractivity contribution >= 4 is 18.0 Å². The summed E-state index contributed by atoms with van der Waals surface area (Å²) in [5.74, 6) is 0.926. The van der Waals surface area contributed by atoms with E-state index in [0.29, 0.717) is 30.4 Å². The average molecular weight is 412 g/mol. The number of nitrogens with one attached hydrogen (secondary N) is 2. The van der Waals surface area contributed by atoms with Crippen molar-refractivity contribution in [1.29, 1.82) is 0 Å². The number of methoxy groups -OCH3 is 2. The first kappa shape index (κ1) is 22.9. The maximum atomic E-state index is 11.9. The van der Waals surface area contributed by atoms with Gasteiger partial charge in [-0.25, -0.2) is 5.43 Å². The standard InChI is InChI=1S/C23H29N3O4/c1-16(2)19-8-5-18(6-9-19)15-25-26-23(28)14-22(27)24-12-11-17-7-10-20(29-3)21(13-17)30-4/h5-10,13,15-16H,11-12,14H2,1-4H3,(H,24,27)(H,26,28)/b25-15-. The lowest BCUT2D eigenvalue weighted by Crippen LogP contribution is -2.31. The number of rotatable bonds is 10. The van der Waals surface area contributed by atoms with Crippen molar-refractivity contribution < 1.29 is 19.1 Å². The van der Waals surface area contributed by atoms with Crippen LogP contribution in [0.1, 0.15) is 42.9 Å². The van der Waals surface area contributed by atoms with Crippen LogP contribution in [0.15, 0.2) is 47.6 Å². The molecule has 30 heavy (non-hydrogen) atoms. The molecule has 7 nitrogen and oxygen atoms in total. The van der Waals surface area contributed by atoms with Gasteiger partial charge in [0.2, 0.25) is 11.8 Å². The fourth-order valence-electron chi connectivity index (χ4n) is 2.78. The Hall–Kier alpha value is -3.35. The summed E-state index contributed by atoms with van der Waals surface area (Å²) in [6.45, 7) is 4.66. The summed E-state index contributed by atoms with van der Waals surface area (Å²) in [5, 5.41) is 6.63. The normalized spacial score (nSPS) is 10.8. The topological polar surface area (TPSA) is 89.0 Å². The molecule has 2 amide bonds. The number of amides is 2. The van der Waals surface area contributed by atoms with Crippen molar-refractivity contribution in [1.82, 2.24) is 10.7 Å². The number of hydrazone groups is 1. The Morgan fingerprint density at radius 2 is 1.70 bits per heavy atom. The summed E-state index contributed by atoms with van der Waals surface area (Å²) in [6, 6.07) is 13.5. The Morgan fingerprint density at radius 3 is 2.33 bits per heavy atom. The van der Waals surface area contributed by atoms with E-state index in [1.165, 1.54) is 5.56 Å². The van der Waals surface area contributed by atoms with Gasteiger partial charge < -0.3 is 14.8 Å². The van der Waals surface area contributed by atoms with Crippen molar-refractivity contribution in [3.8, 4) is 11.5 Å². The van der Waals surface area contributed by atoms with Crippen molar-refractivity contribution in [2.24, 2.45) is 5.10 Å². The minimum atomic E-state index is -0.464. The molecule has 0 aliphatic carbocycles. The fraction of sp³-hybridized carbons (Fsp3) is 0.348. The van der Waals surface area contributed by atoms with Gasteiger partial charge in [0, 0.05) is 6.54 Å². The summed E-state index contributed by atoms with van der Waals surface area (Å²) >= 11 is 0. The molecule has 7 heteroatoms. The lowest BCUT2D eigenvalue weighted by Gasteiger charge is -2.10. The zero-order chi connectivity index (χ0) is 21.9. The predicted molar refractivity (Wildman–Crippen MR) is 117 cm³/mol. The Balaban J connectivity index is 1.72. The highest BCUT2D eigenvalue weighted by molar-refractivity contribution is 5.97. The first-order valence-corrected chi connectivity index (χ1v) is 9.82. The van der Waals surface area contributed by atoms with Gasteiger partial charge in [0.1, 0.15) is 6.42 Å². The molecule has 2 N–H and O–H groups in total. The predicted octanol–water partition coefficient (Wildman–Crippen LogP) is 3.03. The molecule has 0 aliphatic rings.